The van der Waals surface area contributed by atoms with E-state index in [0.717, 1.165) is 24.0 Å². The van der Waals surface area contributed by atoms with E-state index in [1.807, 2.05) is 6.92 Å². The molecule has 1 saturated heterocycles. The Morgan fingerprint density at radius 3 is 3.07 bits per heavy atom. The second-order valence-corrected chi connectivity index (χ2v) is 4.06. The minimum absolute atomic E-state index is 0.828. The first kappa shape index (κ1) is 10.4. The number of anilines is 1. The van der Waals surface area contributed by atoms with Gasteiger partial charge in [0.15, 0.2) is 0 Å². The first-order chi connectivity index (χ1) is 7.36. The molecule has 1 aromatic rings. The lowest BCUT2D eigenvalue weighted by molar-refractivity contribution is 0.548. The smallest absolute Gasteiger partial charge is 0.147 e. The van der Waals surface area contributed by atoms with E-state index in [4.69, 9.17) is 0 Å². The molecule has 4 heteroatoms. The van der Waals surface area contributed by atoms with Crippen LogP contribution in [0, 0.1) is 12.8 Å². The molecule has 2 N–H and O–H groups in total. The Morgan fingerprint density at radius 2 is 2.33 bits per heavy atom. The maximum atomic E-state index is 4.25. The Kier molecular flexibility index (Phi) is 3.50. The summed E-state index contributed by atoms with van der Waals surface area (Å²) in [5, 5.41) is 6.72. The molecule has 2 rings (SSSR count). The molecule has 82 valence electrons. The van der Waals surface area contributed by atoms with E-state index in [0.29, 0.717) is 0 Å². The Morgan fingerprint density at radius 1 is 1.47 bits per heavy atom. The minimum Gasteiger partial charge on any atom is -0.369 e. The van der Waals surface area contributed by atoms with Crippen LogP contribution in [0.5, 0.6) is 0 Å². The fraction of sp³-hybridized carbons (Fsp3) is 0.636. The average Bonchev–Trinajstić information content (AvgIpc) is 2.74. The molecule has 2 heterocycles. The van der Waals surface area contributed by atoms with Gasteiger partial charge < -0.3 is 10.6 Å². The van der Waals surface area contributed by atoms with Crippen LogP contribution in [-0.2, 0) is 0 Å². The van der Waals surface area contributed by atoms with Gasteiger partial charge in [0, 0.05) is 18.9 Å². The second kappa shape index (κ2) is 5.07. The summed E-state index contributed by atoms with van der Waals surface area (Å²) >= 11 is 0. The number of aromatic nitrogens is 2. The zero-order valence-corrected chi connectivity index (χ0v) is 9.16. The summed E-state index contributed by atoms with van der Waals surface area (Å²) in [6.07, 6.45) is 5.97. The van der Waals surface area contributed by atoms with E-state index in [-0.39, 0.29) is 0 Å². The van der Waals surface area contributed by atoms with Crippen molar-refractivity contribution in [3.05, 3.63) is 18.1 Å². The molecule has 0 saturated carbocycles. The standard InChI is InChI=1S/C11H18N4/c1-9-11(15-7-6-13-9)14-5-3-10-2-4-12-8-10/h6-7,10,12H,2-5,8H2,1H3,(H,14,15). The first-order valence-electron chi connectivity index (χ1n) is 5.58. The molecular formula is C11H18N4. The van der Waals surface area contributed by atoms with Crippen molar-refractivity contribution in [3.63, 3.8) is 0 Å². The van der Waals surface area contributed by atoms with E-state index in [1.165, 1.54) is 25.9 Å². The minimum atomic E-state index is 0.828. The zero-order valence-electron chi connectivity index (χ0n) is 9.16. The fourth-order valence-corrected chi connectivity index (χ4v) is 1.94. The van der Waals surface area contributed by atoms with Gasteiger partial charge >= 0.3 is 0 Å². The zero-order chi connectivity index (χ0) is 10.5. The van der Waals surface area contributed by atoms with Gasteiger partial charge in [-0.15, -0.1) is 0 Å². The quantitative estimate of drug-likeness (QED) is 0.777. The number of hydrogen-bond acceptors (Lipinski definition) is 4. The molecule has 0 amide bonds. The normalized spacial score (nSPS) is 20.5. The summed E-state index contributed by atoms with van der Waals surface area (Å²) in [5.41, 5.74) is 0.974. The van der Waals surface area contributed by atoms with Gasteiger partial charge in [-0.3, -0.25) is 4.98 Å². The molecule has 0 bridgehead atoms. The van der Waals surface area contributed by atoms with E-state index in [2.05, 4.69) is 20.6 Å². The van der Waals surface area contributed by atoms with Crippen molar-refractivity contribution < 1.29 is 0 Å². The van der Waals surface area contributed by atoms with Crippen LogP contribution in [0.2, 0.25) is 0 Å². The third kappa shape index (κ3) is 2.89. The van der Waals surface area contributed by atoms with Gasteiger partial charge in [0.1, 0.15) is 5.82 Å². The number of hydrogen-bond donors (Lipinski definition) is 2. The van der Waals surface area contributed by atoms with Crippen LogP contribution < -0.4 is 10.6 Å². The summed E-state index contributed by atoms with van der Waals surface area (Å²) < 4.78 is 0. The van der Waals surface area contributed by atoms with Gasteiger partial charge in [-0.1, -0.05) is 0 Å². The molecule has 1 atom stereocenters. The molecule has 0 radical (unpaired) electrons. The van der Waals surface area contributed by atoms with Crippen molar-refractivity contribution in [2.24, 2.45) is 5.92 Å². The Hall–Kier alpha value is -1.16. The molecule has 1 aromatic heterocycles. The predicted molar refractivity (Wildman–Crippen MR) is 60.9 cm³/mol. The highest BCUT2D eigenvalue weighted by molar-refractivity contribution is 5.37. The van der Waals surface area contributed by atoms with E-state index >= 15 is 0 Å². The summed E-state index contributed by atoms with van der Waals surface area (Å²) in [5.74, 6) is 1.75. The van der Waals surface area contributed by atoms with Crippen LogP contribution in [0.1, 0.15) is 18.5 Å². The Balaban J connectivity index is 1.75. The van der Waals surface area contributed by atoms with Crippen LogP contribution in [0.15, 0.2) is 12.4 Å². The molecule has 4 nitrogen and oxygen atoms in total. The van der Waals surface area contributed by atoms with Crippen LogP contribution in [-0.4, -0.2) is 29.6 Å². The van der Waals surface area contributed by atoms with Crippen molar-refractivity contribution in [1.29, 1.82) is 0 Å². The lowest BCUT2D eigenvalue weighted by Crippen LogP contribution is -2.13. The molecule has 0 aliphatic carbocycles. The molecule has 1 aliphatic heterocycles. The van der Waals surface area contributed by atoms with Crippen LogP contribution >= 0.6 is 0 Å². The summed E-state index contributed by atoms with van der Waals surface area (Å²) in [6.45, 7) is 5.31. The third-order valence-corrected chi connectivity index (χ3v) is 2.89. The molecule has 1 unspecified atom stereocenters. The van der Waals surface area contributed by atoms with Crippen molar-refractivity contribution in [2.75, 3.05) is 25.0 Å². The van der Waals surface area contributed by atoms with Gasteiger partial charge in [-0.05, 0) is 38.8 Å². The molecule has 0 spiro atoms. The third-order valence-electron chi connectivity index (χ3n) is 2.89. The highest BCUT2D eigenvalue weighted by Crippen LogP contribution is 2.13. The van der Waals surface area contributed by atoms with Crippen LogP contribution in [0.3, 0.4) is 0 Å². The van der Waals surface area contributed by atoms with Gasteiger partial charge in [-0.2, -0.15) is 0 Å². The van der Waals surface area contributed by atoms with Gasteiger partial charge in [-0.25, -0.2) is 4.98 Å². The number of rotatable bonds is 4. The summed E-state index contributed by atoms with van der Waals surface area (Å²) in [6, 6.07) is 0. The van der Waals surface area contributed by atoms with Crippen molar-refractivity contribution in [2.45, 2.75) is 19.8 Å². The van der Waals surface area contributed by atoms with Crippen LogP contribution in [0.25, 0.3) is 0 Å². The van der Waals surface area contributed by atoms with Gasteiger partial charge in [0.05, 0.1) is 5.69 Å². The Bertz CT molecular complexity index is 307. The lowest BCUT2D eigenvalue weighted by atomic mass is 10.1. The maximum absolute atomic E-state index is 4.25. The number of nitrogens with zero attached hydrogens (tertiary/aromatic N) is 2. The van der Waals surface area contributed by atoms with Crippen molar-refractivity contribution >= 4 is 5.82 Å². The lowest BCUT2D eigenvalue weighted by Gasteiger charge is -2.10. The van der Waals surface area contributed by atoms with Gasteiger partial charge in [0.25, 0.3) is 0 Å². The van der Waals surface area contributed by atoms with Crippen molar-refractivity contribution in [3.8, 4) is 0 Å². The monoisotopic (exact) mass is 206 g/mol. The topological polar surface area (TPSA) is 49.8 Å². The first-order valence-corrected chi connectivity index (χ1v) is 5.58. The summed E-state index contributed by atoms with van der Waals surface area (Å²) in [4.78, 5) is 8.45. The molecule has 15 heavy (non-hydrogen) atoms. The SMILES string of the molecule is Cc1nccnc1NCCC1CCNC1. The largest absolute Gasteiger partial charge is 0.369 e. The second-order valence-electron chi connectivity index (χ2n) is 4.06. The molecular weight excluding hydrogens is 188 g/mol. The van der Waals surface area contributed by atoms with Gasteiger partial charge in [0.2, 0.25) is 0 Å². The predicted octanol–water partition coefficient (Wildman–Crippen LogP) is 1.20. The number of aryl methyl sites for hydroxylation is 1. The van der Waals surface area contributed by atoms with E-state index in [1.54, 1.807) is 12.4 Å². The fourth-order valence-electron chi connectivity index (χ4n) is 1.94. The molecule has 1 fully saturated rings. The summed E-state index contributed by atoms with van der Waals surface area (Å²) in [7, 11) is 0. The number of nitrogens with one attached hydrogen (secondary N) is 2. The van der Waals surface area contributed by atoms with Crippen molar-refractivity contribution in [1.82, 2.24) is 15.3 Å². The highest BCUT2D eigenvalue weighted by atomic mass is 15.0. The van der Waals surface area contributed by atoms with E-state index in [9.17, 15) is 0 Å². The van der Waals surface area contributed by atoms with Crippen LogP contribution in [0.4, 0.5) is 5.82 Å². The maximum Gasteiger partial charge on any atom is 0.147 e. The highest BCUT2D eigenvalue weighted by Gasteiger charge is 2.13. The molecule has 0 aromatic carbocycles. The average molecular weight is 206 g/mol. The van der Waals surface area contributed by atoms with E-state index < -0.39 is 0 Å². The Labute approximate surface area is 90.5 Å². The molecule has 1 aliphatic rings.